The van der Waals surface area contributed by atoms with Crippen molar-refractivity contribution in [3.63, 3.8) is 0 Å². The highest BCUT2D eigenvalue weighted by atomic mass is 16.5. The summed E-state index contributed by atoms with van der Waals surface area (Å²) in [6.45, 7) is 1.90. The zero-order valence-corrected chi connectivity index (χ0v) is 7.58. The molecule has 0 aromatic rings. The van der Waals surface area contributed by atoms with Gasteiger partial charge in [-0.15, -0.1) is 0 Å². The largest absolute Gasteiger partial charge is 0.479 e. The Morgan fingerprint density at radius 1 is 1.38 bits per heavy atom. The maximum atomic E-state index is 10.7. The van der Waals surface area contributed by atoms with Gasteiger partial charge in [-0.3, -0.25) is 0 Å². The van der Waals surface area contributed by atoms with E-state index in [2.05, 4.69) is 5.32 Å². The Bertz CT molecular complexity index is 211. The number of carboxylic acid groups (broad SMARTS) is 1. The monoisotopic (exact) mass is 185 g/mol. The number of carbonyl (C=O) groups is 1. The number of aliphatic carboxylic acids is 1. The molecule has 0 aromatic heterocycles. The number of nitrogens with one attached hydrogen (secondary N) is 1. The Hall–Kier alpha value is -0.610. The molecule has 2 aliphatic rings. The van der Waals surface area contributed by atoms with Crippen LogP contribution < -0.4 is 5.32 Å². The highest BCUT2D eigenvalue weighted by Crippen LogP contribution is 2.37. The summed E-state index contributed by atoms with van der Waals surface area (Å²) >= 11 is 0. The molecule has 0 radical (unpaired) electrons. The summed E-state index contributed by atoms with van der Waals surface area (Å²) in [5, 5.41) is 12.0. The Morgan fingerprint density at radius 2 is 2.08 bits per heavy atom. The Morgan fingerprint density at radius 3 is 2.62 bits per heavy atom. The minimum Gasteiger partial charge on any atom is -0.479 e. The van der Waals surface area contributed by atoms with Crippen LogP contribution >= 0.6 is 0 Å². The molecule has 0 saturated carbocycles. The van der Waals surface area contributed by atoms with Gasteiger partial charge in [0.25, 0.3) is 0 Å². The van der Waals surface area contributed by atoms with E-state index in [1.165, 1.54) is 0 Å². The first-order valence-electron chi connectivity index (χ1n) is 4.83. The molecule has 2 saturated heterocycles. The van der Waals surface area contributed by atoms with Crippen molar-refractivity contribution in [1.82, 2.24) is 5.32 Å². The summed E-state index contributed by atoms with van der Waals surface area (Å²) in [5.74, 6) is -0.810. The first kappa shape index (κ1) is 8.97. The third-order valence-electron chi connectivity index (χ3n) is 3.04. The zero-order valence-electron chi connectivity index (χ0n) is 7.58. The topological polar surface area (TPSA) is 58.6 Å². The van der Waals surface area contributed by atoms with Crippen LogP contribution in [0.2, 0.25) is 0 Å². The fourth-order valence-electron chi connectivity index (χ4n) is 2.24. The van der Waals surface area contributed by atoms with Gasteiger partial charge in [-0.25, -0.2) is 4.79 Å². The summed E-state index contributed by atoms with van der Waals surface area (Å²) < 4.78 is 5.61. The van der Waals surface area contributed by atoms with Crippen LogP contribution in [0, 0.1) is 0 Å². The number of rotatable bonds is 1. The lowest BCUT2D eigenvalue weighted by Gasteiger charge is -2.33. The molecule has 0 aliphatic carbocycles. The molecular weight excluding hydrogens is 170 g/mol. The van der Waals surface area contributed by atoms with Gasteiger partial charge in [-0.2, -0.15) is 0 Å². The van der Waals surface area contributed by atoms with Crippen LogP contribution in [0.3, 0.4) is 0 Å². The molecule has 4 nitrogen and oxygen atoms in total. The maximum Gasteiger partial charge on any atom is 0.332 e. The first-order valence-corrected chi connectivity index (χ1v) is 4.83. The van der Waals surface area contributed by atoms with Gasteiger partial charge in [-0.05, 0) is 38.8 Å². The van der Waals surface area contributed by atoms with Gasteiger partial charge < -0.3 is 15.2 Å². The molecular formula is C9H15NO3. The minimum absolute atomic E-state index is 0.117. The second-order valence-corrected chi connectivity index (χ2v) is 3.92. The van der Waals surface area contributed by atoms with Crippen molar-refractivity contribution in [1.29, 1.82) is 0 Å². The molecule has 0 bridgehead atoms. The number of carboxylic acids is 1. The van der Waals surface area contributed by atoms with E-state index in [4.69, 9.17) is 9.84 Å². The smallest absolute Gasteiger partial charge is 0.332 e. The van der Waals surface area contributed by atoms with Crippen molar-refractivity contribution in [2.75, 3.05) is 13.1 Å². The summed E-state index contributed by atoms with van der Waals surface area (Å²) in [6.07, 6.45) is 2.94. The minimum atomic E-state index is -0.810. The van der Waals surface area contributed by atoms with Gasteiger partial charge >= 0.3 is 5.97 Å². The average Bonchev–Trinajstić information content (AvgIpc) is 2.51. The molecule has 2 heterocycles. The standard InChI is InChI=1S/C9H15NO3/c11-8(12)7-1-2-9(13-7)3-5-10-6-4-9/h7,10H,1-6H2,(H,11,12). The van der Waals surface area contributed by atoms with E-state index >= 15 is 0 Å². The predicted octanol–water partition coefficient (Wildman–Crippen LogP) is 0.372. The van der Waals surface area contributed by atoms with Gasteiger partial charge in [0.2, 0.25) is 0 Å². The van der Waals surface area contributed by atoms with Gasteiger partial charge in [0, 0.05) is 0 Å². The van der Waals surface area contributed by atoms with E-state index in [1.54, 1.807) is 0 Å². The van der Waals surface area contributed by atoms with Crippen LogP contribution in [0.5, 0.6) is 0 Å². The van der Waals surface area contributed by atoms with E-state index in [1.807, 2.05) is 0 Å². The lowest BCUT2D eigenvalue weighted by molar-refractivity contribution is -0.155. The van der Waals surface area contributed by atoms with E-state index < -0.39 is 12.1 Å². The van der Waals surface area contributed by atoms with Crippen LogP contribution in [0.1, 0.15) is 25.7 Å². The molecule has 1 unspecified atom stereocenters. The quantitative estimate of drug-likeness (QED) is 0.619. The van der Waals surface area contributed by atoms with Crippen LogP contribution in [-0.2, 0) is 9.53 Å². The normalized spacial score (nSPS) is 32.2. The Labute approximate surface area is 77.3 Å². The molecule has 1 atom stereocenters. The van der Waals surface area contributed by atoms with Gasteiger partial charge in [0.15, 0.2) is 6.10 Å². The second-order valence-electron chi connectivity index (χ2n) is 3.92. The van der Waals surface area contributed by atoms with Crippen molar-refractivity contribution in [3.8, 4) is 0 Å². The van der Waals surface area contributed by atoms with Crippen molar-refractivity contribution < 1.29 is 14.6 Å². The predicted molar refractivity (Wildman–Crippen MR) is 46.6 cm³/mol. The lowest BCUT2D eigenvalue weighted by atomic mass is 9.89. The summed E-state index contributed by atoms with van der Waals surface area (Å²) in [5.41, 5.74) is -0.117. The highest BCUT2D eigenvalue weighted by molar-refractivity contribution is 5.72. The SMILES string of the molecule is O=C(O)C1CCC2(CCNCC2)O1. The van der Waals surface area contributed by atoms with E-state index in [9.17, 15) is 4.79 Å². The van der Waals surface area contributed by atoms with Gasteiger partial charge in [0.1, 0.15) is 0 Å². The van der Waals surface area contributed by atoms with Crippen LogP contribution in [0.25, 0.3) is 0 Å². The van der Waals surface area contributed by atoms with Crippen LogP contribution in [0.4, 0.5) is 0 Å². The van der Waals surface area contributed by atoms with E-state index in [0.29, 0.717) is 6.42 Å². The highest BCUT2D eigenvalue weighted by Gasteiger charge is 2.43. The maximum absolute atomic E-state index is 10.7. The van der Waals surface area contributed by atoms with E-state index in [-0.39, 0.29) is 5.60 Å². The van der Waals surface area contributed by atoms with Crippen molar-refractivity contribution >= 4 is 5.97 Å². The number of piperidine rings is 1. The van der Waals surface area contributed by atoms with Crippen molar-refractivity contribution in [2.45, 2.75) is 37.4 Å². The molecule has 2 aliphatic heterocycles. The second kappa shape index (κ2) is 3.27. The zero-order chi connectivity index (χ0) is 9.31. The molecule has 0 amide bonds. The molecule has 2 rings (SSSR count). The van der Waals surface area contributed by atoms with Crippen LogP contribution in [-0.4, -0.2) is 35.9 Å². The first-order chi connectivity index (χ1) is 6.22. The summed E-state index contributed by atoms with van der Waals surface area (Å²) in [6, 6.07) is 0. The van der Waals surface area contributed by atoms with Gasteiger partial charge in [-0.1, -0.05) is 0 Å². The Balaban J connectivity index is 1.98. The number of hydrogen-bond donors (Lipinski definition) is 2. The summed E-state index contributed by atoms with van der Waals surface area (Å²) in [4.78, 5) is 10.7. The third-order valence-corrected chi connectivity index (χ3v) is 3.04. The van der Waals surface area contributed by atoms with Crippen LogP contribution in [0.15, 0.2) is 0 Å². The molecule has 13 heavy (non-hydrogen) atoms. The fraction of sp³-hybridized carbons (Fsp3) is 0.889. The molecule has 2 fully saturated rings. The molecule has 74 valence electrons. The van der Waals surface area contributed by atoms with Gasteiger partial charge in [0.05, 0.1) is 5.60 Å². The number of hydrogen-bond acceptors (Lipinski definition) is 3. The molecule has 2 N–H and O–H groups in total. The van der Waals surface area contributed by atoms with Crippen molar-refractivity contribution in [3.05, 3.63) is 0 Å². The van der Waals surface area contributed by atoms with E-state index in [0.717, 1.165) is 32.4 Å². The lowest BCUT2D eigenvalue weighted by Crippen LogP contribution is -2.42. The average molecular weight is 185 g/mol. The molecule has 0 aromatic carbocycles. The summed E-state index contributed by atoms with van der Waals surface area (Å²) in [7, 11) is 0. The molecule has 4 heteroatoms. The number of ether oxygens (including phenoxy) is 1. The van der Waals surface area contributed by atoms with Crippen molar-refractivity contribution in [2.24, 2.45) is 0 Å². The Kier molecular flexibility index (Phi) is 2.26. The third kappa shape index (κ3) is 1.69. The molecule has 1 spiro atoms. The fourth-order valence-corrected chi connectivity index (χ4v) is 2.24.